The standard InChI is InChI=1S/C8H11ClN2OS/c1-2-3-4-11-8(12)7(9)6(13)5-10-11/h5,13H,2-4H2,1H3. The zero-order valence-electron chi connectivity index (χ0n) is 7.33. The van der Waals surface area contributed by atoms with Crippen molar-refractivity contribution in [3.05, 3.63) is 21.6 Å². The topological polar surface area (TPSA) is 34.9 Å². The maximum Gasteiger partial charge on any atom is 0.286 e. The van der Waals surface area contributed by atoms with Crippen LogP contribution in [-0.4, -0.2) is 9.78 Å². The Kier molecular flexibility index (Phi) is 3.81. The fraction of sp³-hybridized carbons (Fsp3) is 0.500. The molecule has 0 spiro atoms. The van der Waals surface area contributed by atoms with Gasteiger partial charge < -0.3 is 0 Å². The van der Waals surface area contributed by atoms with Crippen molar-refractivity contribution in [2.75, 3.05) is 0 Å². The Labute approximate surface area is 87.1 Å². The van der Waals surface area contributed by atoms with Crippen LogP contribution in [0.15, 0.2) is 15.9 Å². The number of thiol groups is 1. The van der Waals surface area contributed by atoms with Crippen LogP contribution in [0.5, 0.6) is 0 Å². The summed E-state index contributed by atoms with van der Waals surface area (Å²) < 4.78 is 1.37. The second kappa shape index (κ2) is 4.67. The van der Waals surface area contributed by atoms with Crippen molar-refractivity contribution in [1.82, 2.24) is 9.78 Å². The molecule has 13 heavy (non-hydrogen) atoms. The van der Waals surface area contributed by atoms with E-state index in [0.717, 1.165) is 12.8 Å². The van der Waals surface area contributed by atoms with E-state index in [1.54, 1.807) is 0 Å². The first-order valence-electron chi connectivity index (χ1n) is 4.11. The molecule has 0 bridgehead atoms. The van der Waals surface area contributed by atoms with Crippen molar-refractivity contribution in [3.8, 4) is 0 Å². The van der Waals surface area contributed by atoms with E-state index in [-0.39, 0.29) is 10.6 Å². The van der Waals surface area contributed by atoms with Crippen LogP contribution in [0.25, 0.3) is 0 Å². The summed E-state index contributed by atoms with van der Waals surface area (Å²) in [6.45, 7) is 2.67. The molecule has 0 atom stereocenters. The number of aromatic nitrogens is 2. The first kappa shape index (κ1) is 10.6. The molecule has 0 amide bonds. The molecule has 0 aromatic carbocycles. The predicted octanol–water partition coefficient (Wildman–Crippen LogP) is 1.99. The van der Waals surface area contributed by atoms with Gasteiger partial charge in [0, 0.05) is 11.4 Å². The smallest absolute Gasteiger partial charge is 0.266 e. The molecule has 0 saturated carbocycles. The summed E-state index contributed by atoms with van der Waals surface area (Å²) in [6.07, 6.45) is 3.44. The lowest BCUT2D eigenvalue weighted by atomic mass is 10.3. The van der Waals surface area contributed by atoms with Crippen molar-refractivity contribution >= 4 is 24.2 Å². The van der Waals surface area contributed by atoms with Gasteiger partial charge in [-0.2, -0.15) is 5.10 Å². The second-order valence-corrected chi connectivity index (χ2v) is 3.59. The minimum Gasteiger partial charge on any atom is -0.266 e. The van der Waals surface area contributed by atoms with Crippen LogP contribution in [0.2, 0.25) is 5.02 Å². The maximum absolute atomic E-state index is 11.4. The summed E-state index contributed by atoms with van der Waals surface area (Å²) >= 11 is 9.71. The fourth-order valence-electron chi connectivity index (χ4n) is 0.924. The molecule has 0 unspecified atom stereocenters. The Morgan fingerprint density at radius 2 is 2.38 bits per heavy atom. The Bertz CT molecular complexity index is 350. The molecule has 0 fully saturated rings. The van der Waals surface area contributed by atoms with E-state index in [1.165, 1.54) is 10.9 Å². The number of unbranched alkanes of at least 4 members (excludes halogenated alkanes) is 1. The molecule has 0 N–H and O–H groups in total. The SMILES string of the molecule is CCCCn1ncc(S)c(Cl)c1=O. The molecular formula is C8H11ClN2OS. The molecule has 1 heterocycles. The first-order valence-corrected chi connectivity index (χ1v) is 4.94. The number of rotatable bonds is 3. The molecule has 0 saturated heterocycles. The van der Waals surface area contributed by atoms with Crippen LogP contribution in [0, 0.1) is 0 Å². The van der Waals surface area contributed by atoms with E-state index in [0.29, 0.717) is 11.4 Å². The van der Waals surface area contributed by atoms with Crippen molar-refractivity contribution in [2.45, 2.75) is 31.2 Å². The van der Waals surface area contributed by atoms with Gasteiger partial charge in [-0.3, -0.25) is 4.79 Å². The van der Waals surface area contributed by atoms with Gasteiger partial charge in [0.1, 0.15) is 5.02 Å². The summed E-state index contributed by atoms with van der Waals surface area (Å²) in [5.41, 5.74) is -0.261. The highest BCUT2D eigenvalue weighted by Gasteiger charge is 2.05. The summed E-state index contributed by atoms with van der Waals surface area (Å²) in [7, 11) is 0. The van der Waals surface area contributed by atoms with Crippen LogP contribution < -0.4 is 5.56 Å². The van der Waals surface area contributed by atoms with Crippen molar-refractivity contribution < 1.29 is 0 Å². The van der Waals surface area contributed by atoms with E-state index >= 15 is 0 Å². The Hall–Kier alpha value is -0.480. The monoisotopic (exact) mass is 218 g/mol. The van der Waals surface area contributed by atoms with Gasteiger partial charge in [0.15, 0.2) is 0 Å². The van der Waals surface area contributed by atoms with Gasteiger partial charge in [0.05, 0.1) is 6.20 Å². The zero-order valence-corrected chi connectivity index (χ0v) is 8.98. The Balaban J connectivity index is 2.97. The second-order valence-electron chi connectivity index (χ2n) is 2.73. The van der Waals surface area contributed by atoms with E-state index in [2.05, 4.69) is 24.7 Å². The molecule has 0 radical (unpaired) electrons. The molecule has 5 heteroatoms. The average molecular weight is 219 g/mol. The summed E-state index contributed by atoms with van der Waals surface area (Å²) in [6, 6.07) is 0. The van der Waals surface area contributed by atoms with Gasteiger partial charge in [0.2, 0.25) is 0 Å². The van der Waals surface area contributed by atoms with Gasteiger partial charge in [-0.05, 0) is 6.42 Å². The summed E-state index contributed by atoms with van der Waals surface area (Å²) in [5.74, 6) is 0. The third kappa shape index (κ3) is 2.48. The minimum absolute atomic E-state index is 0.148. The first-order chi connectivity index (χ1) is 6.16. The van der Waals surface area contributed by atoms with Gasteiger partial charge in [-0.25, -0.2) is 4.68 Å². The van der Waals surface area contributed by atoms with Crippen LogP contribution in [-0.2, 0) is 6.54 Å². The fourth-order valence-corrected chi connectivity index (χ4v) is 1.22. The van der Waals surface area contributed by atoms with Crippen LogP contribution in [0.1, 0.15) is 19.8 Å². The molecule has 1 rings (SSSR count). The maximum atomic E-state index is 11.4. The van der Waals surface area contributed by atoms with Gasteiger partial charge in [0.25, 0.3) is 5.56 Å². The van der Waals surface area contributed by atoms with Gasteiger partial charge >= 0.3 is 0 Å². The van der Waals surface area contributed by atoms with Gasteiger partial charge in [-0.15, -0.1) is 12.6 Å². The van der Waals surface area contributed by atoms with Gasteiger partial charge in [-0.1, -0.05) is 24.9 Å². The summed E-state index contributed by atoms with van der Waals surface area (Å²) in [4.78, 5) is 11.8. The molecular weight excluding hydrogens is 208 g/mol. The zero-order chi connectivity index (χ0) is 9.84. The van der Waals surface area contributed by atoms with Crippen LogP contribution >= 0.6 is 24.2 Å². The molecule has 1 aromatic heterocycles. The number of hydrogen-bond acceptors (Lipinski definition) is 3. The molecule has 1 aromatic rings. The number of aryl methyl sites for hydroxylation is 1. The highest BCUT2D eigenvalue weighted by molar-refractivity contribution is 7.80. The molecule has 3 nitrogen and oxygen atoms in total. The normalized spacial score (nSPS) is 10.4. The highest BCUT2D eigenvalue weighted by atomic mass is 35.5. The van der Waals surface area contributed by atoms with E-state index in [9.17, 15) is 4.79 Å². The minimum atomic E-state index is -0.261. The molecule has 0 aliphatic rings. The molecule has 0 aliphatic heterocycles. The Morgan fingerprint density at radius 3 is 3.00 bits per heavy atom. The van der Waals surface area contributed by atoms with Crippen LogP contribution in [0.4, 0.5) is 0 Å². The van der Waals surface area contributed by atoms with Crippen molar-refractivity contribution in [1.29, 1.82) is 0 Å². The number of nitrogens with zero attached hydrogens (tertiary/aromatic N) is 2. The summed E-state index contributed by atoms with van der Waals surface area (Å²) in [5, 5.41) is 4.07. The van der Waals surface area contributed by atoms with Crippen molar-refractivity contribution in [3.63, 3.8) is 0 Å². The average Bonchev–Trinajstić information content (AvgIpc) is 2.13. The van der Waals surface area contributed by atoms with E-state index < -0.39 is 0 Å². The molecule has 0 aliphatic carbocycles. The highest BCUT2D eigenvalue weighted by Crippen LogP contribution is 2.12. The van der Waals surface area contributed by atoms with Crippen LogP contribution in [0.3, 0.4) is 0 Å². The third-order valence-electron chi connectivity index (χ3n) is 1.69. The van der Waals surface area contributed by atoms with Crippen molar-refractivity contribution in [2.24, 2.45) is 0 Å². The number of halogens is 1. The lowest BCUT2D eigenvalue weighted by Gasteiger charge is -2.03. The van der Waals surface area contributed by atoms with E-state index in [1.807, 2.05) is 0 Å². The Morgan fingerprint density at radius 1 is 1.69 bits per heavy atom. The largest absolute Gasteiger partial charge is 0.286 e. The number of hydrogen-bond donors (Lipinski definition) is 1. The lowest BCUT2D eigenvalue weighted by molar-refractivity contribution is 0.539. The van der Waals surface area contributed by atoms with E-state index in [4.69, 9.17) is 11.6 Å². The quantitative estimate of drug-likeness (QED) is 0.788. The molecule has 72 valence electrons. The predicted molar refractivity (Wildman–Crippen MR) is 55.7 cm³/mol. The lowest BCUT2D eigenvalue weighted by Crippen LogP contribution is -2.23. The third-order valence-corrected chi connectivity index (χ3v) is 2.53.